The van der Waals surface area contributed by atoms with Gasteiger partial charge < -0.3 is 0 Å². The number of hydrogen-bond acceptors (Lipinski definition) is 1. The van der Waals surface area contributed by atoms with Gasteiger partial charge in [-0.1, -0.05) is 58.7 Å². The Balaban J connectivity index is 1.87. The topological polar surface area (TPSA) is 17.1 Å². The summed E-state index contributed by atoms with van der Waals surface area (Å²) in [4.78, 5) is 12.8. The van der Waals surface area contributed by atoms with E-state index in [4.69, 9.17) is 0 Å². The minimum Gasteiger partial charge on any atom is -0.298 e. The first-order chi connectivity index (χ1) is 10.1. The van der Waals surface area contributed by atoms with Crippen molar-refractivity contribution in [3.05, 3.63) is 69.9 Å². The molecule has 3 heteroatoms. The summed E-state index contributed by atoms with van der Waals surface area (Å²) in [7, 11) is 0. The number of benzene rings is 2. The Kier molecular flexibility index (Phi) is 3.94. The highest BCUT2D eigenvalue weighted by Crippen LogP contribution is 2.45. The zero-order chi connectivity index (χ0) is 14.9. The van der Waals surface area contributed by atoms with E-state index in [1.165, 1.54) is 12.1 Å². The maximum atomic E-state index is 13.1. The van der Waals surface area contributed by atoms with E-state index in [1.54, 1.807) is 6.07 Å². The summed E-state index contributed by atoms with van der Waals surface area (Å²) in [5, 5.41) is 0. The van der Waals surface area contributed by atoms with Crippen LogP contribution >= 0.6 is 15.9 Å². The molecule has 0 unspecified atom stereocenters. The van der Waals surface area contributed by atoms with Crippen LogP contribution in [-0.2, 0) is 16.6 Å². The maximum Gasteiger partial charge on any atom is 0.147 e. The van der Waals surface area contributed by atoms with Gasteiger partial charge >= 0.3 is 0 Å². The second-order valence-corrected chi connectivity index (χ2v) is 6.49. The number of carbonyl (C=O) groups is 1. The van der Waals surface area contributed by atoms with Crippen LogP contribution < -0.4 is 0 Å². The van der Waals surface area contributed by atoms with E-state index in [0.29, 0.717) is 10.9 Å². The molecule has 1 aliphatic carbocycles. The molecule has 0 radical (unpaired) electrons. The van der Waals surface area contributed by atoms with E-state index in [1.807, 2.05) is 30.3 Å². The Bertz CT molecular complexity index is 662. The van der Waals surface area contributed by atoms with E-state index in [0.717, 1.165) is 30.4 Å². The summed E-state index contributed by atoms with van der Waals surface area (Å²) in [6.45, 7) is 0. The van der Waals surface area contributed by atoms with Gasteiger partial charge in [-0.25, -0.2) is 4.39 Å². The smallest absolute Gasteiger partial charge is 0.147 e. The Morgan fingerprint density at radius 1 is 1.14 bits per heavy atom. The van der Waals surface area contributed by atoms with Crippen LogP contribution in [0.4, 0.5) is 4.39 Å². The van der Waals surface area contributed by atoms with Gasteiger partial charge in [0.15, 0.2) is 0 Å². The van der Waals surface area contributed by atoms with Crippen molar-refractivity contribution in [2.24, 2.45) is 0 Å². The van der Waals surface area contributed by atoms with Crippen molar-refractivity contribution in [1.29, 1.82) is 0 Å². The van der Waals surface area contributed by atoms with Crippen LogP contribution in [0.25, 0.3) is 0 Å². The number of ketones is 1. The summed E-state index contributed by atoms with van der Waals surface area (Å²) in [5.74, 6) is -0.0632. The normalized spacial score (nSPS) is 16.3. The first-order valence-electron chi connectivity index (χ1n) is 7.15. The summed E-state index contributed by atoms with van der Waals surface area (Å²) >= 11 is 3.35. The van der Waals surface area contributed by atoms with Crippen molar-refractivity contribution in [2.45, 2.75) is 31.1 Å². The fourth-order valence-electron chi connectivity index (χ4n) is 3.02. The third kappa shape index (κ3) is 2.67. The van der Waals surface area contributed by atoms with Crippen molar-refractivity contribution < 1.29 is 9.18 Å². The van der Waals surface area contributed by atoms with Crippen molar-refractivity contribution in [1.82, 2.24) is 0 Å². The Hall–Kier alpha value is -1.48. The molecule has 1 aliphatic rings. The van der Waals surface area contributed by atoms with Gasteiger partial charge in [0.25, 0.3) is 0 Å². The minimum atomic E-state index is -0.338. The molecule has 0 heterocycles. The van der Waals surface area contributed by atoms with E-state index in [9.17, 15) is 9.18 Å². The van der Waals surface area contributed by atoms with Crippen molar-refractivity contribution >= 4 is 21.7 Å². The molecule has 0 bridgehead atoms. The molecule has 21 heavy (non-hydrogen) atoms. The molecule has 3 rings (SSSR count). The van der Waals surface area contributed by atoms with E-state index in [-0.39, 0.29) is 17.0 Å². The SMILES string of the molecule is O=C(Cc1ccc(F)cc1Br)C1(c2ccccc2)CCC1. The molecular weight excluding hydrogens is 331 g/mol. The highest BCUT2D eigenvalue weighted by Gasteiger charge is 2.44. The van der Waals surface area contributed by atoms with Gasteiger partial charge in [0.2, 0.25) is 0 Å². The molecule has 1 nitrogen and oxygen atoms in total. The van der Waals surface area contributed by atoms with Gasteiger partial charge in [-0.2, -0.15) is 0 Å². The summed E-state index contributed by atoms with van der Waals surface area (Å²) in [6.07, 6.45) is 3.25. The lowest BCUT2D eigenvalue weighted by Gasteiger charge is -2.41. The zero-order valence-corrected chi connectivity index (χ0v) is 13.2. The lowest BCUT2D eigenvalue weighted by Crippen LogP contribution is -2.43. The van der Waals surface area contributed by atoms with Gasteiger partial charge in [0.05, 0.1) is 5.41 Å². The molecule has 0 N–H and O–H groups in total. The van der Waals surface area contributed by atoms with Crippen LogP contribution in [0.3, 0.4) is 0 Å². The van der Waals surface area contributed by atoms with Crippen LogP contribution in [0.5, 0.6) is 0 Å². The minimum absolute atomic E-state index is 0.229. The predicted octanol–water partition coefficient (Wildman–Crippen LogP) is 4.82. The highest BCUT2D eigenvalue weighted by atomic mass is 79.9. The van der Waals surface area contributed by atoms with Crippen molar-refractivity contribution in [3.63, 3.8) is 0 Å². The number of hydrogen-bond donors (Lipinski definition) is 0. The molecule has 0 aliphatic heterocycles. The van der Waals surface area contributed by atoms with Crippen LogP contribution in [0.2, 0.25) is 0 Å². The molecule has 0 amide bonds. The lowest BCUT2D eigenvalue weighted by molar-refractivity contribution is -0.127. The highest BCUT2D eigenvalue weighted by molar-refractivity contribution is 9.10. The first kappa shape index (κ1) is 14.5. The zero-order valence-electron chi connectivity index (χ0n) is 11.6. The van der Waals surface area contributed by atoms with E-state index < -0.39 is 0 Å². The average molecular weight is 347 g/mol. The van der Waals surface area contributed by atoms with E-state index in [2.05, 4.69) is 15.9 Å². The van der Waals surface area contributed by atoms with Crippen LogP contribution in [0.1, 0.15) is 30.4 Å². The molecule has 2 aromatic carbocycles. The summed E-state index contributed by atoms with van der Waals surface area (Å²) in [6, 6.07) is 14.5. The maximum absolute atomic E-state index is 13.1. The second kappa shape index (κ2) is 5.72. The fourth-order valence-corrected chi connectivity index (χ4v) is 3.51. The molecule has 0 spiro atoms. The molecule has 0 atom stereocenters. The van der Waals surface area contributed by atoms with Gasteiger partial charge in [0, 0.05) is 10.9 Å². The third-order valence-electron chi connectivity index (χ3n) is 4.43. The Labute approximate surface area is 132 Å². The standard InChI is InChI=1S/C18H16BrFO/c19-16-12-15(20)8-7-13(16)11-17(21)18(9-4-10-18)14-5-2-1-3-6-14/h1-3,5-8,12H,4,9-11H2. The van der Waals surface area contributed by atoms with Crippen molar-refractivity contribution in [3.8, 4) is 0 Å². The number of rotatable bonds is 4. The predicted molar refractivity (Wildman–Crippen MR) is 84.8 cm³/mol. The fraction of sp³-hybridized carbons (Fsp3) is 0.278. The summed E-state index contributed by atoms with van der Waals surface area (Å²) < 4.78 is 13.8. The van der Waals surface area contributed by atoms with Gasteiger partial charge in [-0.3, -0.25) is 4.79 Å². The van der Waals surface area contributed by atoms with Crippen LogP contribution in [0, 0.1) is 5.82 Å². The van der Waals surface area contributed by atoms with Gasteiger partial charge in [0.1, 0.15) is 11.6 Å². The van der Waals surface area contributed by atoms with Gasteiger partial charge in [-0.05, 0) is 36.1 Å². The van der Waals surface area contributed by atoms with Gasteiger partial charge in [-0.15, -0.1) is 0 Å². The number of Topliss-reactive ketones (excluding diaryl/α,β-unsaturated/α-hetero) is 1. The number of carbonyl (C=O) groups excluding carboxylic acids is 1. The molecular formula is C18H16BrFO. The largest absolute Gasteiger partial charge is 0.298 e. The number of halogens is 2. The van der Waals surface area contributed by atoms with Crippen molar-refractivity contribution in [2.75, 3.05) is 0 Å². The molecule has 2 aromatic rings. The quantitative estimate of drug-likeness (QED) is 0.775. The third-order valence-corrected chi connectivity index (χ3v) is 5.17. The molecule has 108 valence electrons. The monoisotopic (exact) mass is 346 g/mol. The molecule has 1 fully saturated rings. The lowest BCUT2D eigenvalue weighted by atomic mass is 9.61. The van der Waals surface area contributed by atoms with Crippen LogP contribution in [-0.4, -0.2) is 5.78 Å². The molecule has 0 aromatic heterocycles. The molecule has 0 saturated heterocycles. The Morgan fingerprint density at radius 3 is 2.43 bits per heavy atom. The molecule has 1 saturated carbocycles. The summed E-state index contributed by atoms with van der Waals surface area (Å²) in [5.41, 5.74) is 1.62. The second-order valence-electron chi connectivity index (χ2n) is 5.64. The first-order valence-corrected chi connectivity index (χ1v) is 7.94. The van der Waals surface area contributed by atoms with Crippen LogP contribution in [0.15, 0.2) is 53.0 Å². The Morgan fingerprint density at radius 2 is 1.86 bits per heavy atom. The van der Waals surface area contributed by atoms with E-state index >= 15 is 0 Å². The average Bonchev–Trinajstić information content (AvgIpc) is 2.42.